The Bertz CT molecular complexity index is 386. The third-order valence-corrected chi connectivity index (χ3v) is 3.11. The number of nitrogens with zero attached hydrogens (tertiary/aromatic N) is 1. The number of anilines is 1. The molecule has 0 atom stereocenters. The molecule has 1 amide bonds. The lowest BCUT2D eigenvalue weighted by Gasteiger charge is -2.19. The number of nitrogens with one attached hydrogen (secondary N) is 2. The highest BCUT2D eigenvalue weighted by atomic mass is 35.5. The highest BCUT2D eigenvalue weighted by Crippen LogP contribution is 2.12. The zero-order valence-electron chi connectivity index (χ0n) is 11.3. The lowest BCUT2D eigenvalue weighted by atomic mass is 10.2. The fourth-order valence-corrected chi connectivity index (χ4v) is 2.21. The maximum absolute atomic E-state index is 10.9. The Morgan fingerprint density at radius 3 is 2.68 bits per heavy atom. The molecule has 1 fully saturated rings. The minimum Gasteiger partial charge on any atom is -0.326 e. The number of carbonyl (C=O) groups excluding carboxylic acids is 1. The number of rotatable bonds is 3. The van der Waals surface area contributed by atoms with Crippen molar-refractivity contribution >= 4 is 24.0 Å². The molecule has 1 heterocycles. The second-order valence-electron chi connectivity index (χ2n) is 4.76. The third kappa shape index (κ3) is 5.59. The number of hydrogen-bond donors (Lipinski definition) is 2. The zero-order valence-corrected chi connectivity index (χ0v) is 12.1. The second kappa shape index (κ2) is 8.15. The van der Waals surface area contributed by atoms with Gasteiger partial charge in [0.1, 0.15) is 0 Å². The van der Waals surface area contributed by atoms with Crippen molar-refractivity contribution in [1.82, 2.24) is 10.2 Å². The van der Waals surface area contributed by atoms with Crippen molar-refractivity contribution in [2.75, 3.05) is 31.5 Å². The minimum absolute atomic E-state index is 0. The molecule has 0 radical (unpaired) electrons. The van der Waals surface area contributed by atoms with Gasteiger partial charge >= 0.3 is 0 Å². The molecule has 0 saturated carbocycles. The first kappa shape index (κ1) is 16.0. The minimum atomic E-state index is -0.0265. The molecule has 1 aromatic rings. The van der Waals surface area contributed by atoms with Gasteiger partial charge in [-0.2, -0.15) is 0 Å². The van der Waals surface area contributed by atoms with Crippen molar-refractivity contribution < 1.29 is 4.79 Å². The van der Waals surface area contributed by atoms with Crippen LogP contribution < -0.4 is 10.6 Å². The van der Waals surface area contributed by atoms with Crippen molar-refractivity contribution in [2.24, 2.45) is 0 Å². The molecular formula is C14H22ClN3O. The van der Waals surface area contributed by atoms with Crippen molar-refractivity contribution in [3.8, 4) is 0 Å². The molecule has 4 nitrogen and oxygen atoms in total. The van der Waals surface area contributed by atoms with E-state index in [0.717, 1.165) is 38.4 Å². The fourth-order valence-electron chi connectivity index (χ4n) is 2.21. The van der Waals surface area contributed by atoms with Crippen LogP contribution in [0.1, 0.15) is 18.9 Å². The molecule has 5 heteroatoms. The summed E-state index contributed by atoms with van der Waals surface area (Å²) in [4.78, 5) is 13.4. The molecule has 0 spiro atoms. The average Bonchev–Trinajstić information content (AvgIpc) is 2.60. The largest absolute Gasteiger partial charge is 0.326 e. The summed E-state index contributed by atoms with van der Waals surface area (Å²) in [6.07, 6.45) is 1.21. The molecule has 1 saturated heterocycles. The van der Waals surface area contributed by atoms with E-state index in [-0.39, 0.29) is 18.3 Å². The van der Waals surface area contributed by atoms with Crippen LogP contribution in [0.15, 0.2) is 24.3 Å². The zero-order chi connectivity index (χ0) is 12.8. The van der Waals surface area contributed by atoms with E-state index in [0.29, 0.717) is 0 Å². The highest BCUT2D eigenvalue weighted by Gasteiger charge is 2.08. The summed E-state index contributed by atoms with van der Waals surface area (Å²) in [6, 6.07) is 8.10. The molecule has 0 aliphatic carbocycles. The van der Waals surface area contributed by atoms with Crippen molar-refractivity contribution in [3.63, 3.8) is 0 Å². The van der Waals surface area contributed by atoms with Crippen LogP contribution in [0.4, 0.5) is 5.69 Å². The summed E-state index contributed by atoms with van der Waals surface area (Å²) in [7, 11) is 0. The Morgan fingerprint density at radius 1 is 1.26 bits per heavy atom. The fraction of sp³-hybridized carbons (Fsp3) is 0.500. The molecule has 0 aromatic heterocycles. The van der Waals surface area contributed by atoms with Gasteiger partial charge in [0, 0.05) is 32.2 Å². The number of amides is 1. The van der Waals surface area contributed by atoms with Gasteiger partial charge in [0.2, 0.25) is 5.91 Å². The standard InChI is InChI=1S/C14H21N3O.ClH/c1-12(18)16-14-5-3-13(4-6-14)11-17-9-2-7-15-8-10-17;/h3-6,15H,2,7-11H2,1H3,(H,16,18);1H. The molecule has 1 aromatic carbocycles. The van der Waals surface area contributed by atoms with Gasteiger partial charge in [-0.15, -0.1) is 12.4 Å². The number of hydrogen-bond acceptors (Lipinski definition) is 3. The lowest BCUT2D eigenvalue weighted by Crippen LogP contribution is -2.27. The number of benzene rings is 1. The predicted octanol–water partition coefficient (Wildman–Crippen LogP) is 1.86. The summed E-state index contributed by atoms with van der Waals surface area (Å²) >= 11 is 0. The van der Waals surface area contributed by atoms with E-state index in [4.69, 9.17) is 0 Å². The Morgan fingerprint density at radius 2 is 2.00 bits per heavy atom. The Hall–Kier alpha value is -1.10. The van der Waals surface area contributed by atoms with Crippen LogP contribution in [0.2, 0.25) is 0 Å². The summed E-state index contributed by atoms with van der Waals surface area (Å²) < 4.78 is 0. The van der Waals surface area contributed by atoms with E-state index < -0.39 is 0 Å². The van der Waals surface area contributed by atoms with Crippen molar-refractivity contribution in [2.45, 2.75) is 19.9 Å². The van der Waals surface area contributed by atoms with Crippen molar-refractivity contribution in [1.29, 1.82) is 0 Å². The number of halogens is 1. The predicted molar refractivity (Wildman–Crippen MR) is 80.8 cm³/mol. The molecule has 1 aliphatic heterocycles. The maximum atomic E-state index is 10.9. The van der Waals surface area contributed by atoms with E-state index in [2.05, 4.69) is 27.7 Å². The van der Waals surface area contributed by atoms with Crippen LogP contribution in [0.3, 0.4) is 0 Å². The van der Waals surface area contributed by atoms with E-state index in [9.17, 15) is 4.79 Å². The Labute approximate surface area is 121 Å². The molecule has 1 aliphatic rings. The third-order valence-electron chi connectivity index (χ3n) is 3.11. The van der Waals surface area contributed by atoms with Crippen molar-refractivity contribution in [3.05, 3.63) is 29.8 Å². The SMILES string of the molecule is CC(=O)Nc1ccc(CN2CCCNCC2)cc1.Cl. The first-order valence-corrected chi connectivity index (χ1v) is 6.53. The monoisotopic (exact) mass is 283 g/mol. The van der Waals surface area contributed by atoms with Gasteiger partial charge in [0.25, 0.3) is 0 Å². The Kier molecular flexibility index (Phi) is 6.84. The van der Waals surface area contributed by atoms with Gasteiger partial charge < -0.3 is 10.6 Å². The topological polar surface area (TPSA) is 44.4 Å². The van der Waals surface area contributed by atoms with Crippen LogP contribution in [-0.2, 0) is 11.3 Å². The van der Waals surface area contributed by atoms with E-state index >= 15 is 0 Å². The average molecular weight is 284 g/mol. The van der Waals surface area contributed by atoms with E-state index in [1.165, 1.54) is 18.9 Å². The van der Waals surface area contributed by atoms with Gasteiger partial charge in [-0.05, 0) is 37.2 Å². The molecule has 106 valence electrons. The van der Waals surface area contributed by atoms with Crippen LogP contribution in [0.5, 0.6) is 0 Å². The molecule has 0 unspecified atom stereocenters. The van der Waals surface area contributed by atoms with Crippen LogP contribution in [0.25, 0.3) is 0 Å². The maximum Gasteiger partial charge on any atom is 0.221 e. The van der Waals surface area contributed by atoms with Gasteiger partial charge in [-0.1, -0.05) is 12.1 Å². The summed E-state index contributed by atoms with van der Waals surface area (Å²) in [6.45, 7) is 6.97. The molecular weight excluding hydrogens is 262 g/mol. The second-order valence-corrected chi connectivity index (χ2v) is 4.76. The highest BCUT2D eigenvalue weighted by molar-refractivity contribution is 5.88. The van der Waals surface area contributed by atoms with Gasteiger partial charge in [-0.3, -0.25) is 9.69 Å². The normalized spacial score (nSPS) is 16.3. The molecule has 2 rings (SSSR count). The molecule has 19 heavy (non-hydrogen) atoms. The molecule has 0 bridgehead atoms. The first-order valence-electron chi connectivity index (χ1n) is 6.53. The summed E-state index contributed by atoms with van der Waals surface area (Å²) in [5.41, 5.74) is 2.16. The summed E-state index contributed by atoms with van der Waals surface area (Å²) in [5, 5.41) is 6.19. The van der Waals surface area contributed by atoms with E-state index in [1.54, 1.807) is 0 Å². The summed E-state index contributed by atoms with van der Waals surface area (Å²) in [5.74, 6) is -0.0265. The van der Waals surface area contributed by atoms with Crippen LogP contribution >= 0.6 is 12.4 Å². The molecule has 2 N–H and O–H groups in total. The van der Waals surface area contributed by atoms with Gasteiger partial charge in [0.15, 0.2) is 0 Å². The van der Waals surface area contributed by atoms with Gasteiger partial charge in [-0.25, -0.2) is 0 Å². The van der Waals surface area contributed by atoms with Crippen LogP contribution in [-0.4, -0.2) is 37.0 Å². The first-order chi connectivity index (χ1) is 8.74. The van der Waals surface area contributed by atoms with Crippen LogP contribution in [0, 0.1) is 0 Å². The Balaban J connectivity index is 0.00000180. The van der Waals surface area contributed by atoms with E-state index in [1.807, 2.05) is 12.1 Å². The smallest absolute Gasteiger partial charge is 0.221 e. The van der Waals surface area contributed by atoms with Gasteiger partial charge in [0.05, 0.1) is 0 Å². The quantitative estimate of drug-likeness (QED) is 0.890. The number of carbonyl (C=O) groups is 1. The lowest BCUT2D eigenvalue weighted by molar-refractivity contribution is -0.114.